The van der Waals surface area contributed by atoms with Crippen molar-refractivity contribution in [2.45, 2.75) is 51.2 Å². The lowest BCUT2D eigenvalue weighted by Gasteiger charge is -2.29. The second-order valence-corrected chi connectivity index (χ2v) is 3.47. The van der Waals surface area contributed by atoms with Gasteiger partial charge in [0, 0.05) is 12.6 Å². The number of ether oxygens (including phenoxy) is 1. The summed E-state index contributed by atoms with van der Waals surface area (Å²) in [6.07, 6.45) is 6.28. The van der Waals surface area contributed by atoms with Gasteiger partial charge in [0.15, 0.2) is 0 Å². The van der Waals surface area contributed by atoms with Gasteiger partial charge in [0.1, 0.15) is 0 Å². The molecule has 0 aromatic rings. The minimum absolute atomic E-state index is 0.351. The predicted molar refractivity (Wildman–Crippen MR) is 49.6 cm³/mol. The smallest absolute Gasteiger partial charge is 0.0741 e. The first-order valence-electron chi connectivity index (χ1n) is 4.96. The molecule has 0 amide bonds. The molecule has 1 saturated heterocycles. The summed E-state index contributed by atoms with van der Waals surface area (Å²) in [5.41, 5.74) is 2.85. The highest BCUT2D eigenvalue weighted by Gasteiger charge is 2.22. The molecule has 1 aliphatic heterocycles. The van der Waals surface area contributed by atoms with Crippen molar-refractivity contribution in [2.75, 3.05) is 6.61 Å². The van der Waals surface area contributed by atoms with Gasteiger partial charge in [-0.2, -0.15) is 0 Å². The van der Waals surface area contributed by atoms with Crippen molar-refractivity contribution >= 4 is 0 Å². The molecule has 0 radical (unpaired) electrons. The summed E-state index contributed by atoms with van der Waals surface area (Å²) >= 11 is 0. The number of nitrogens with one attached hydrogen (secondary N) is 1. The van der Waals surface area contributed by atoms with Crippen molar-refractivity contribution in [3.05, 3.63) is 0 Å². The van der Waals surface area contributed by atoms with E-state index in [1.807, 2.05) is 0 Å². The molecule has 1 rings (SSSR count). The topological polar surface area (TPSA) is 47.3 Å². The highest BCUT2D eigenvalue weighted by molar-refractivity contribution is 4.76. The van der Waals surface area contributed by atoms with Crippen LogP contribution < -0.4 is 11.3 Å². The highest BCUT2D eigenvalue weighted by atomic mass is 16.5. The third-order valence-electron chi connectivity index (χ3n) is 2.48. The Morgan fingerprint density at radius 3 is 2.92 bits per heavy atom. The molecule has 1 heterocycles. The summed E-state index contributed by atoms with van der Waals surface area (Å²) in [5.74, 6) is 5.46. The third-order valence-corrected chi connectivity index (χ3v) is 2.48. The van der Waals surface area contributed by atoms with Crippen LogP contribution in [0.3, 0.4) is 0 Å². The van der Waals surface area contributed by atoms with E-state index in [1.54, 1.807) is 0 Å². The summed E-state index contributed by atoms with van der Waals surface area (Å²) in [6, 6.07) is 0.357. The van der Waals surface area contributed by atoms with Crippen molar-refractivity contribution in [1.82, 2.24) is 5.43 Å². The number of hydrogen-bond acceptors (Lipinski definition) is 3. The second kappa shape index (κ2) is 5.51. The van der Waals surface area contributed by atoms with Crippen LogP contribution in [0.5, 0.6) is 0 Å². The van der Waals surface area contributed by atoms with Crippen molar-refractivity contribution in [1.29, 1.82) is 0 Å². The maximum atomic E-state index is 5.64. The largest absolute Gasteiger partial charge is 0.377 e. The Balaban J connectivity index is 2.29. The molecular weight excluding hydrogens is 152 g/mol. The van der Waals surface area contributed by atoms with E-state index in [0.29, 0.717) is 12.1 Å². The summed E-state index contributed by atoms with van der Waals surface area (Å²) in [6.45, 7) is 3.08. The minimum Gasteiger partial charge on any atom is -0.377 e. The van der Waals surface area contributed by atoms with Crippen LogP contribution in [0.2, 0.25) is 0 Å². The van der Waals surface area contributed by atoms with E-state index < -0.39 is 0 Å². The zero-order valence-corrected chi connectivity index (χ0v) is 7.88. The molecule has 0 aromatic heterocycles. The van der Waals surface area contributed by atoms with Gasteiger partial charge in [-0.05, 0) is 25.7 Å². The van der Waals surface area contributed by atoms with Gasteiger partial charge in [0.2, 0.25) is 0 Å². The molecule has 0 spiro atoms. The van der Waals surface area contributed by atoms with E-state index in [4.69, 9.17) is 10.6 Å². The lowest BCUT2D eigenvalue weighted by atomic mass is 9.99. The Labute approximate surface area is 74.6 Å². The van der Waals surface area contributed by atoms with Gasteiger partial charge < -0.3 is 4.74 Å². The van der Waals surface area contributed by atoms with Gasteiger partial charge in [-0.3, -0.25) is 11.3 Å². The quantitative estimate of drug-likeness (QED) is 0.494. The SMILES string of the molecule is CCCC(NN)C1CCCCO1. The highest BCUT2D eigenvalue weighted by Crippen LogP contribution is 2.17. The zero-order valence-electron chi connectivity index (χ0n) is 7.88. The van der Waals surface area contributed by atoms with Crippen LogP contribution in [-0.4, -0.2) is 18.8 Å². The third kappa shape index (κ3) is 2.73. The van der Waals surface area contributed by atoms with Crippen LogP contribution in [0.4, 0.5) is 0 Å². The lowest BCUT2D eigenvalue weighted by Crippen LogP contribution is -2.46. The fourth-order valence-electron chi connectivity index (χ4n) is 1.77. The Kier molecular flexibility index (Phi) is 4.58. The van der Waals surface area contributed by atoms with Crippen LogP contribution in [-0.2, 0) is 4.74 Å². The fraction of sp³-hybridized carbons (Fsp3) is 1.00. The first-order chi connectivity index (χ1) is 5.88. The van der Waals surface area contributed by atoms with E-state index in [-0.39, 0.29) is 0 Å². The summed E-state index contributed by atoms with van der Waals surface area (Å²) < 4.78 is 5.64. The Morgan fingerprint density at radius 2 is 2.42 bits per heavy atom. The van der Waals surface area contributed by atoms with Crippen LogP contribution >= 0.6 is 0 Å². The van der Waals surface area contributed by atoms with Crippen molar-refractivity contribution in [3.8, 4) is 0 Å². The van der Waals surface area contributed by atoms with Gasteiger partial charge in [0.25, 0.3) is 0 Å². The van der Waals surface area contributed by atoms with Crippen LogP contribution in [0.25, 0.3) is 0 Å². The van der Waals surface area contributed by atoms with E-state index in [2.05, 4.69) is 12.3 Å². The Morgan fingerprint density at radius 1 is 1.58 bits per heavy atom. The first-order valence-corrected chi connectivity index (χ1v) is 4.96. The second-order valence-electron chi connectivity index (χ2n) is 3.47. The molecule has 0 bridgehead atoms. The molecule has 12 heavy (non-hydrogen) atoms. The minimum atomic E-state index is 0.351. The molecule has 2 atom stereocenters. The first kappa shape index (κ1) is 9.96. The standard InChI is InChI=1S/C9H20N2O/c1-2-5-8(11-10)9-6-3-4-7-12-9/h8-9,11H,2-7,10H2,1H3. The van der Waals surface area contributed by atoms with Gasteiger partial charge in [-0.1, -0.05) is 13.3 Å². The van der Waals surface area contributed by atoms with Crippen LogP contribution in [0.15, 0.2) is 0 Å². The van der Waals surface area contributed by atoms with Crippen molar-refractivity contribution in [3.63, 3.8) is 0 Å². The van der Waals surface area contributed by atoms with Gasteiger partial charge in [-0.15, -0.1) is 0 Å². The van der Waals surface area contributed by atoms with Crippen molar-refractivity contribution in [2.24, 2.45) is 5.84 Å². The maximum absolute atomic E-state index is 5.64. The molecule has 1 aliphatic rings. The Bertz CT molecular complexity index is 110. The molecule has 0 saturated carbocycles. The molecule has 1 fully saturated rings. The van der Waals surface area contributed by atoms with E-state index in [0.717, 1.165) is 25.9 Å². The predicted octanol–water partition coefficient (Wildman–Crippen LogP) is 1.19. The zero-order chi connectivity index (χ0) is 8.81. The summed E-state index contributed by atoms with van der Waals surface area (Å²) in [5, 5.41) is 0. The van der Waals surface area contributed by atoms with Crippen LogP contribution in [0.1, 0.15) is 39.0 Å². The van der Waals surface area contributed by atoms with Gasteiger partial charge in [0.05, 0.1) is 6.10 Å². The van der Waals surface area contributed by atoms with Crippen LogP contribution in [0, 0.1) is 0 Å². The normalized spacial score (nSPS) is 27.0. The molecule has 3 heteroatoms. The number of hydrazine groups is 1. The van der Waals surface area contributed by atoms with E-state index >= 15 is 0 Å². The van der Waals surface area contributed by atoms with E-state index in [9.17, 15) is 0 Å². The molecule has 3 N–H and O–H groups in total. The Hall–Kier alpha value is -0.120. The molecule has 72 valence electrons. The monoisotopic (exact) mass is 172 g/mol. The van der Waals surface area contributed by atoms with Crippen molar-refractivity contribution < 1.29 is 4.74 Å². The van der Waals surface area contributed by atoms with Gasteiger partial charge >= 0.3 is 0 Å². The van der Waals surface area contributed by atoms with E-state index in [1.165, 1.54) is 12.8 Å². The average molecular weight is 172 g/mol. The lowest BCUT2D eigenvalue weighted by molar-refractivity contribution is -0.00941. The number of nitrogens with two attached hydrogens (primary N) is 1. The maximum Gasteiger partial charge on any atom is 0.0741 e. The van der Waals surface area contributed by atoms with Gasteiger partial charge in [-0.25, -0.2) is 0 Å². The summed E-state index contributed by atoms with van der Waals surface area (Å²) in [7, 11) is 0. The average Bonchev–Trinajstić information content (AvgIpc) is 2.15. The number of hydrogen-bond donors (Lipinski definition) is 2. The molecule has 0 aromatic carbocycles. The molecular formula is C9H20N2O. The molecule has 3 nitrogen and oxygen atoms in total. The summed E-state index contributed by atoms with van der Waals surface area (Å²) in [4.78, 5) is 0. The fourth-order valence-corrected chi connectivity index (χ4v) is 1.77. The number of rotatable bonds is 4. The molecule has 2 unspecified atom stereocenters. The molecule has 0 aliphatic carbocycles.